The summed E-state index contributed by atoms with van der Waals surface area (Å²) in [6.07, 6.45) is 8.04. The summed E-state index contributed by atoms with van der Waals surface area (Å²) < 4.78 is 0. The van der Waals surface area contributed by atoms with E-state index in [-0.39, 0.29) is 0 Å². The third-order valence-electron chi connectivity index (χ3n) is 1.84. The van der Waals surface area contributed by atoms with Crippen molar-refractivity contribution in [1.82, 2.24) is 0 Å². The highest BCUT2D eigenvalue weighted by Gasteiger charge is 1.85. The minimum absolute atomic E-state index is 0.983. The van der Waals surface area contributed by atoms with E-state index < -0.39 is 0 Å². The number of hydrogen-bond acceptors (Lipinski definition) is 1. The SMILES string of the molecule is C/C=C\C(/C=C/c1ccccc1)=NC. The van der Waals surface area contributed by atoms with Crippen molar-refractivity contribution in [2.75, 3.05) is 7.05 Å². The summed E-state index contributed by atoms with van der Waals surface area (Å²) in [5, 5.41) is 0. The molecule has 1 nitrogen and oxygen atoms in total. The van der Waals surface area contributed by atoms with Gasteiger partial charge in [-0.1, -0.05) is 42.5 Å². The summed E-state index contributed by atoms with van der Waals surface area (Å²) in [5.41, 5.74) is 2.18. The monoisotopic (exact) mass is 185 g/mol. The molecule has 0 unspecified atom stereocenters. The molecule has 0 aromatic heterocycles. The van der Waals surface area contributed by atoms with Gasteiger partial charge in [-0.25, -0.2) is 0 Å². The van der Waals surface area contributed by atoms with E-state index >= 15 is 0 Å². The summed E-state index contributed by atoms with van der Waals surface area (Å²) in [4.78, 5) is 4.14. The Morgan fingerprint density at radius 3 is 2.43 bits per heavy atom. The zero-order valence-electron chi connectivity index (χ0n) is 8.64. The van der Waals surface area contributed by atoms with E-state index in [1.165, 1.54) is 5.56 Å². The second-order valence-corrected chi connectivity index (χ2v) is 2.89. The van der Waals surface area contributed by atoms with Gasteiger partial charge < -0.3 is 0 Å². The predicted molar refractivity (Wildman–Crippen MR) is 63.6 cm³/mol. The smallest absolute Gasteiger partial charge is 0.0567 e. The fraction of sp³-hybridized carbons (Fsp3) is 0.154. The van der Waals surface area contributed by atoms with Gasteiger partial charge in [0.15, 0.2) is 0 Å². The summed E-state index contributed by atoms with van der Waals surface area (Å²) >= 11 is 0. The van der Waals surface area contributed by atoms with Crippen LogP contribution >= 0.6 is 0 Å². The van der Waals surface area contributed by atoms with Gasteiger partial charge in [-0.15, -0.1) is 0 Å². The first kappa shape index (κ1) is 10.5. The molecular formula is C13H15N. The summed E-state index contributed by atoms with van der Waals surface area (Å²) in [6, 6.07) is 10.2. The van der Waals surface area contributed by atoms with Crippen molar-refractivity contribution in [3.63, 3.8) is 0 Å². The van der Waals surface area contributed by atoms with Gasteiger partial charge in [0.1, 0.15) is 0 Å². The minimum Gasteiger partial charge on any atom is -0.289 e. The normalized spacial score (nSPS) is 12.9. The number of nitrogens with zero attached hydrogens (tertiary/aromatic N) is 1. The van der Waals surface area contributed by atoms with Crippen molar-refractivity contribution < 1.29 is 0 Å². The lowest BCUT2D eigenvalue weighted by molar-refractivity contribution is 1.45. The van der Waals surface area contributed by atoms with Gasteiger partial charge in [-0.2, -0.15) is 0 Å². The number of benzene rings is 1. The van der Waals surface area contributed by atoms with Crippen LogP contribution in [0.15, 0.2) is 53.6 Å². The predicted octanol–water partition coefficient (Wildman–Crippen LogP) is 3.35. The molecule has 0 radical (unpaired) electrons. The van der Waals surface area contributed by atoms with Crippen LogP contribution in [0, 0.1) is 0 Å². The average molecular weight is 185 g/mol. The van der Waals surface area contributed by atoms with E-state index in [2.05, 4.69) is 23.2 Å². The molecule has 0 aliphatic heterocycles. The molecule has 0 atom stereocenters. The van der Waals surface area contributed by atoms with Crippen LogP contribution in [0.2, 0.25) is 0 Å². The molecule has 0 bridgehead atoms. The molecule has 14 heavy (non-hydrogen) atoms. The lowest BCUT2D eigenvalue weighted by atomic mass is 10.2. The summed E-state index contributed by atoms with van der Waals surface area (Å²) in [5.74, 6) is 0. The Hall–Kier alpha value is -1.63. The Labute approximate surface area is 85.5 Å². The molecule has 0 N–H and O–H groups in total. The fourth-order valence-electron chi connectivity index (χ4n) is 1.12. The maximum absolute atomic E-state index is 4.14. The third kappa shape index (κ3) is 3.40. The van der Waals surface area contributed by atoms with Crippen molar-refractivity contribution in [2.45, 2.75) is 6.92 Å². The largest absolute Gasteiger partial charge is 0.289 e. The molecule has 1 aromatic rings. The third-order valence-corrected chi connectivity index (χ3v) is 1.84. The van der Waals surface area contributed by atoms with E-state index in [4.69, 9.17) is 0 Å². The Kier molecular flexibility index (Phi) is 4.42. The van der Waals surface area contributed by atoms with Crippen molar-refractivity contribution >= 4 is 11.8 Å². The van der Waals surface area contributed by atoms with Crippen LogP contribution in [0.4, 0.5) is 0 Å². The first-order valence-corrected chi connectivity index (χ1v) is 4.69. The standard InChI is InChI=1S/C13H15N/c1-3-7-13(14-2)11-10-12-8-5-4-6-9-12/h3-11H,1-2H3/b7-3-,11-10+,14-13?. The quantitative estimate of drug-likeness (QED) is 0.640. The van der Waals surface area contributed by atoms with E-state index in [1.807, 2.05) is 43.4 Å². The van der Waals surface area contributed by atoms with Crippen LogP contribution in [0.3, 0.4) is 0 Å². The molecule has 0 saturated heterocycles. The van der Waals surface area contributed by atoms with Crippen molar-refractivity contribution in [3.8, 4) is 0 Å². The molecule has 0 amide bonds. The van der Waals surface area contributed by atoms with Gasteiger partial charge in [0.05, 0.1) is 5.71 Å². The number of rotatable bonds is 3. The lowest BCUT2D eigenvalue weighted by Crippen LogP contribution is -1.85. The Morgan fingerprint density at radius 2 is 1.86 bits per heavy atom. The van der Waals surface area contributed by atoms with E-state index in [1.54, 1.807) is 7.05 Å². The molecule has 0 fully saturated rings. The van der Waals surface area contributed by atoms with Crippen molar-refractivity contribution in [3.05, 3.63) is 54.1 Å². The molecule has 0 aliphatic rings. The molecule has 1 heteroatoms. The number of allylic oxidation sites excluding steroid dienone is 3. The highest BCUT2D eigenvalue weighted by molar-refractivity contribution is 6.06. The fourth-order valence-corrected chi connectivity index (χ4v) is 1.12. The van der Waals surface area contributed by atoms with Gasteiger partial charge in [0, 0.05) is 7.05 Å². The molecule has 1 aromatic carbocycles. The first-order chi connectivity index (χ1) is 6.86. The topological polar surface area (TPSA) is 12.4 Å². The number of aliphatic imine (C=N–C) groups is 1. The van der Waals surface area contributed by atoms with Gasteiger partial charge in [-0.3, -0.25) is 4.99 Å². The van der Waals surface area contributed by atoms with Gasteiger partial charge in [-0.05, 0) is 24.6 Å². The van der Waals surface area contributed by atoms with E-state index in [0.29, 0.717) is 0 Å². The van der Waals surface area contributed by atoms with Crippen LogP contribution in [-0.2, 0) is 0 Å². The van der Waals surface area contributed by atoms with Crippen LogP contribution in [0.1, 0.15) is 12.5 Å². The first-order valence-electron chi connectivity index (χ1n) is 4.69. The zero-order chi connectivity index (χ0) is 10.2. The molecule has 72 valence electrons. The second-order valence-electron chi connectivity index (χ2n) is 2.89. The van der Waals surface area contributed by atoms with E-state index in [0.717, 1.165) is 5.71 Å². The maximum atomic E-state index is 4.14. The number of hydrogen-bond donors (Lipinski definition) is 0. The van der Waals surface area contributed by atoms with Crippen LogP contribution in [0.5, 0.6) is 0 Å². The molecule has 1 rings (SSSR count). The zero-order valence-corrected chi connectivity index (χ0v) is 8.64. The molecule has 0 aliphatic carbocycles. The molecule has 0 spiro atoms. The van der Waals surface area contributed by atoms with Gasteiger partial charge in [0.25, 0.3) is 0 Å². The van der Waals surface area contributed by atoms with Crippen LogP contribution in [0.25, 0.3) is 6.08 Å². The van der Waals surface area contributed by atoms with Crippen molar-refractivity contribution in [1.29, 1.82) is 0 Å². The summed E-state index contributed by atoms with van der Waals surface area (Å²) in [6.45, 7) is 1.99. The van der Waals surface area contributed by atoms with Crippen molar-refractivity contribution in [2.24, 2.45) is 4.99 Å². The van der Waals surface area contributed by atoms with E-state index in [9.17, 15) is 0 Å². The molecule has 0 heterocycles. The maximum Gasteiger partial charge on any atom is 0.0567 e. The van der Waals surface area contributed by atoms with Gasteiger partial charge in [0.2, 0.25) is 0 Å². The molecular weight excluding hydrogens is 170 g/mol. The van der Waals surface area contributed by atoms with Crippen LogP contribution < -0.4 is 0 Å². The average Bonchev–Trinajstić information content (AvgIpc) is 2.25. The molecule has 0 saturated carbocycles. The highest BCUT2D eigenvalue weighted by Crippen LogP contribution is 2.01. The highest BCUT2D eigenvalue weighted by atomic mass is 14.7. The lowest BCUT2D eigenvalue weighted by Gasteiger charge is -1.92. The van der Waals surface area contributed by atoms with Crippen LogP contribution in [-0.4, -0.2) is 12.8 Å². The second kappa shape index (κ2) is 5.92. The Bertz CT molecular complexity index is 345. The minimum atomic E-state index is 0.983. The summed E-state index contributed by atoms with van der Waals surface area (Å²) in [7, 11) is 1.80. The Morgan fingerprint density at radius 1 is 1.14 bits per heavy atom. The van der Waals surface area contributed by atoms with Gasteiger partial charge >= 0.3 is 0 Å². The Balaban J connectivity index is 2.73.